The number of hydrogen-bond acceptors (Lipinski definition) is 6. The van der Waals surface area contributed by atoms with E-state index < -0.39 is 11.8 Å². The van der Waals surface area contributed by atoms with Gasteiger partial charge in [0.1, 0.15) is 17.0 Å². The van der Waals surface area contributed by atoms with Gasteiger partial charge in [0.25, 0.3) is 5.92 Å². The molecule has 0 N–H and O–H groups in total. The Hall–Kier alpha value is -2.77. The van der Waals surface area contributed by atoms with Gasteiger partial charge in [-0.15, -0.1) is 0 Å². The average Bonchev–Trinajstić information content (AvgIpc) is 3.06. The lowest BCUT2D eigenvalue weighted by molar-refractivity contribution is 0.0854. The average molecular weight is 375 g/mol. The van der Waals surface area contributed by atoms with Crippen molar-refractivity contribution >= 4 is 11.1 Å². The summed E-state index contributed by atoms with van der Waals surface area (Å²) in [6, 6.07) is 3.45. The zero-order valence-electron chi connectivity index (χ0n) is 15.0. The molecule has 3 aromatic heterocycles. The van der Waals surface area contributed by atoms with Crippen LogP contribution in [0, 0.1) is 12.8 Å². The van der Waals surface area contributed by atoms with Gasteiger partial charge in [0.2, 0.25) is 11.8 Å². The molecule has 8 heteroatoms. The Labute approximate surface area is 154 Å². The van der Waals surface area contributed by atoms with Crippen LogP contribution in [0.5, 0.6) is 11.6 Å². The molecule has 0 unspecified atom stereocenters. The lowest BCUT2D eigenvalue weighted by atomic mass is 10.2. The minimum atomic E-state index is -2.59. The van der Waals surface area contributed by atoms with E-state index in [0.29, 0.717) is 40.9 Å². The number of oxazole rings is 1. The van der Waals surface area contributed by atoms with Crippen molar-refractivity contribution in [1.82, 2.24) is 15.0 Å². The molecule has 0 aromatic carbocycles. The highest BCUT2D eigenvalue weighted by Crippen LogP contribution is 2.48. The third kappa shape index (κ3) is 3.70. The van der Waals surface area contributed by atoms with Crippen molar-refractivity contribution < 1.29 is 22.7 Å². The van der Waals surface area contributed by atoms with Crippen molar-refractivity contribution in [1.29, 1.82) is 0 Å². The number of ether oxygens (including phenoxy) is 2. The van der Waals surface area contributed by atoms with Gasteiger partial charge < -0.3 is 13.9 Å². The molecular formula is C19H19F2N3O3. The van der Waals surface area contributed by atoms with Gasteiger partial charge in [-0.1, -0.05) is 6.92 Å². The number of fused-ring (bicyclic) bond motifs is 1. The molecule has 3 heterocycles. The van der Waals surface area contributed by atoms with Crippen LogP contribution in [0.25, 0.3) is 22.7 Å². The number of aromatic nitrogens is 3. The summed E-state index contributed by atoms with van der Waals surface area (Å²) in [7, 11) is 0. The second kappa shape index (κ2) is 6.75. The Morgan fingerprint density at radius 1 is 1.22 bits per heavy atom. The molecule has 6 nitrogen and oxygen atoms in total. The van der Waals surface area contributed by atoms with Crippen LogP contribution < -0.4 is 9.47 Å². The van der Waals surface area contributed by atoms with Crippen molar-refractivity contribution in [3.05, 3.63) is 30.1 Å². The molecule has 1 aliphatic rings. The summed E-state index contributed by atoms with van der Waals surface area (Å²) in [6.07, 6.45) is 3.87. The molecule has 1 fully saturated rings. The summed E-state index contributed by atoms with van der Waals surface area (Å²) in [6.45, 7) is 4.41. The molecule has 0 saturated heterocycles. The maximum absolute atomic E-state index is 13.0. The van der Waals surface area contributed by atoms with Gasteiger partial charge in [0.15, 0.2) is 5.58 Å². The number of pyridine rings is 2. The quantitative estimate of drug-likeness (QED) is 0.609. The molecular weight excluding hydrogens is 356 g/mol. The van der Waals surface area contributed by atoms with Gasteiger partial charge in [-0.25, -0.2) is 23.7 Å². The van der Waals surface area contributed by atoms with E-state index in [9.17, 15) is 8.78 Å². The number of aryl methyl sites for hydroxylation is 1. The van der Waals surface area contributed by atoms with Crippen molar-refractivity contribution in [3.8, 4) is 23.2 Å². The van der Waals surface area contributed by atoms with Crippen molar-refractivity contribution in [2.75, 3.05) is 13.2 Å². The lowest BCUT2D eigenvalue weighted by Gasteiger charge is -2.08. The largest absolute Gasteiger partial charge is 0.491 e. The first-order valence-electron chi connectivity index (χ1n) is 8.83. The Balaban J connectivity index is 1.51. The zero-order valence-corrected chi connectivity index (χ0v) is 15.0. The minimum absolute atomic E-state index is 0.00996. The highest BCUT2D eigenvalue weighted by molar-refractivity contribution is 5.75. The molecule has 0 bridgehead atoms. The predicted octanol–water partition coefficient (Wildman–Crippen LogP) is 4.42. The molecule has 1 atom stereocenters. The SMILES string of the molecule is CCCOc1cc2oc(-c3cc(C)c(OC[C@H]4CC4(F)F)cn3)nc2cn1. The topological polar surface area (TPSA) is 70.3 Å². The molecule has 0 aliphatic heterocycles. The molecule has 142 valence electrons. The highest BCUT2D eigenvalue weighted by Gasteiger charge is 2.57. The van der Waals surface area contributed by atoms with E-state index in [-0.39, 0.29) is 13.0 Å². The maximum atomic E-state index is 13.0. The van der Waals surface area contributed by atoms with E-state index in [4.69, 9.17) is 13.9 Å². The summed E-state index contributed by atoms with van der Waals surface area (Å²) in [5.74, 6) is -1.98. The van der Waals surface area contributed by atoms with Gasteiger partial charge >= 0.3 is 0 Å². The monoisotopic (exact) mass is 375 g/mol. The fourth-order valence-corrected chi connectivity index (χ4v) is 2.66. The summed E-state index contributed by atoms with van der Waals surface area (Å²) in [5.41, 5.74) is 2.46. The molecule has 0 amide bonds. The number of alkyl halides is 2. The first-order valence-corrected chi connectivity index (χ1v) is 8.83. The molecule has 3 aromatic rings. The number of nitrogens with zero attached hydrogens (tertiary/aromatic N) is 3. The first-order chi connectivity index (χ1) is 13.0. The third-order valence-corrected chi connectivity index (χ3v) is 4.38. The van der Waals surface area contributed by atoms with E-state index in [0.717, 1.165) is 12.0 Å². The fourth-order valence-electron chi connectivity index (χ4n) is 2.66. The molecule has 0 radical (unpaired) electrons. The normalized spacial score (nSPS) is 17.9. The maximum Gasteiger partial charge on any atom is 0.255 e. The van der Waals surface area contributed by atoms with Crippen molar-refractivity contribution in [3.63, 3.8) is 0 Å². The van der Waals surface area contributed by atoms with Crippen LogP contribution in [0.15, 0.2) is 28.9 Å². The van der Waals surface area contributed by atoms with Crippen LogP contribution in [0.3, 0.4) is 0 Å². The Kier molecular flexibility index (Phi) is 4.41. The zero-order chi connectivity index (χ0) is 19.0. The van der Waals surface area contributed by atoms with Gasteiger partial charge in [0.05, 0.1) is 31.5 Å². The Morgan fingerprint density at radius 3 is 2.74 bits per heavy atom. The predicted molar refractivity (Wildman–Crippen MR) is 94.1 cm³/mol. The van der Waals surface area contributed by atoms with E-state index >= 15 is 0 Å². The van der Waals surface area contributed by atoms with E-state index in [1.807, 2.05) is 13.8 Å². The van der Waals surface area contributed by atoms with E-state index in [1.165, 1.54) is 6.20 Å². The molecule has 1 saturated carbocycles. The number of halogens is 2. The third-order valence-electron chi connectivity index (χ3n) is 4.38. The van der Waals surface area contributed by atoms with E-state index in [1.54, 1.807) is 18.3 Å². The van der Waals surface area contributed by atoms with Crippen LogP contribution in [0.4, 0.5) is 8.78 Å². The van der Waals surface area contributed by atoms with Gasteiger partial charge in [-0.05, 0) is 25.0 Å². The van der Waals surface area contributed by atoms with Crippen LogP contribution in [0.1, 0.15) is 25.3 Å². The summed E-state index contributed by atoms with van der Waals surface area (Å²) >= 11 is 0. The van der Waals surface area contributed by atoms with Gasteiger partial charge in [0, 0.05) is 12.5 Å². The van der Waals surface area contributed by atoms with Gasteiger partial charge in [-0.2, -0.15) is 0 Å². The molecule has 4 rings (SSSR count). The Bertz CT molecular complexity index is 974. The smallest absolute Gasteiger partial charge is 0.255 e. The van der Waals surface area contributed by atoms with Crippen LogP contribution in [-0.2, 0) is 0 Å². The second-order valence-corrected chi connectivity index (χ2v) is 6.67. The Morgan fingerprint density at radius 2 is 2.04 bits per heavy atom. The van der Waals surface area contributed by atoms with Crippen molar-refractivity contribution in [2.45, 2.75) is 32.6 Å². The molecule has 27 heavy (non-hydrogen) atoms. The number of hydrogen-bond donors (Lipinski definition) is 0. The highest BCUT2D eigenvalue weighted by atomic mass is 19.3. The second-order valence-electron chi connectivity index (χ2n) is 6.67. The van der Waals surface area contributed by atoms with E-state index in [2.05, 4.69) is 15.0 Å². The molecule has 0 spiro atoms. The fraction of sp³-hybridized carbons (Fsp3) is 0.421. The van der Waals surface area contributed by atoms with Crippen molar-refractivity contribution in [2.24, 2.45) is 5.92 Å². The number of rotatable bonds is 7. The minimum Gasteiger partial charge on any atom is -0.491 e. The standard InChI is InChI=1S/C19H19F2N3O3/c1-3-4-25-17-6-15-14(8-23-17)24-18(27-15)13-5-11(2)16(9-22-13)26-10-12-7-19(12,20)21/h5-6,8-9,12H,3-4,7,10H2,1-2H3/t12-/m1/s1. The molecule has 1 aliphatic carbocycles. The summed E-state index contributed by atoms with van der Waals surface area (Å²) in [5, 5.41) is 0. The lowest BCUT2D eigenvalue weighted by Crippen LogP contribution is -2.06. The first kappa shape index (κ1) is 17.6. The summed E-state index contributed by atoms with van der Waals surface area (Å²) in [4.78, 5) is 12.9. The van der Waals surface area contributed by atoms with Crippen LogP contribution in [0.2, 0.25) is 0 Å². The van der Waals surface area contributed by atoms with Crippen LogP contribution >= 0.6 is 0 Å². The summed E-state index contributed by atoms with van der Waals surface area (Å²) < 4.78 is 42.7. The van der Waals surface area contributed by atoms with Gasteiger partial charge in [-0.3, -0.25) is 0 Å². The van der Waals surface area contributed by atoms with Crippen LogP contribution in [-0.4, -0.2) is 34.1 Å².